The maximum Gasteiger partial charge on any atom is 0.341 e. The van der Waals surface area contributed by atoms with Crippen molar-refractivity contribution in [2.75, 3.05) is 11.9 Å². The highest BCUT2D eigenvalue weighted by atomic mass is 32.1. The molecule has 0 saturated carbocycles. The Balaban J connectivity index is 2.23. The van der Waals surface area contributed by atoms with Gasteiger partial charge in [-0.3, -0.25) is 4.79 Å². The number of benzene rings is 1. The molecule has 5 nitrogen and oxygen atoms in total. The van der Waals surface area contributed by atoms with Crippen LogP contribution in [-0.2, 0) is 4.74 Å². The number of ether oxygens (including phenoxy) is 2. The van der Waals surface area contributed by atoms with E-state index in [1.54, 1.807) is 38.1 Å². The first-order valence-electron chi connectivity index (χ1n) is 8.18. The van der Waals surface area contributed by atoms with Crippen molar-refractivity contribution in [1.29, 1.82) is 0 Å². The summed E-state index contributed by atoms with van der Waals surface area (Å²) >= 11 is 1.37. The van der Waals surface area contributed by atoms with E-state index >= 15 is 0 Å². The average molecular weight is 361 g/mol. The molecule has 134 valence electrons. The highest BCUT2D eigenvalue weighted by Crippen LogP contribution is 2.33. The summed E-state index contributed by atoms with van der Waals surface area (Å²) in [7, 11) is 0. The van der Waals surface area contributed by atoms with Gasteiger partial charge in [-0.05, 0) is 64.4 Å². The van der Waals surface area contributed by atoms with Crippen LogP contribution in [0.3, 0.4) is 0 Å². The summed E-state index contributed by atoms with van der Waals surface area (Å²) in [4.78, 5) is 25.8. The standard InChI is InChI=1S/C19H23NO4S/c1-6-23-15-9-7-14(8-10-15)17(21)20-18-16(12(4)13(5)25-18)19(22)24-11(2)3/h7-11H,6H2,1-5H3,(H,20,21). The SMILES string of the molecule is CCOc1ccc(C(=O)Nc2sc(C)c(C)c2C(=O)OC(C)C)cc1. The van der Waals surface area contributed by atoms with Crippen LogP contribution < -0.4 is 10.1 Å². The molecule has 0 saturated heterocycles. The van der Waals surface area contributed by atoms with Gasteiger partial charge in [0, 0.05) is 10.4 Å². The van der Waals surface area contributed by atoms with E-state index in [1.165, 1.54) is 11.3 Å². The van der Waals surface area contributed by atoms with Crippen molar-refractivity contribution in [3.63, 3.8) is 0 Å². The van der Waals surface area contributed by atoms with Crippen LogP contribution in [0.1, 0.15) is 51.9 Å². The van der Waals surface area contributed by atoms with Crippen LogP contribution in [0.5, 0.6) is 5.75 Å². The topological polar surface area (TPSA) is 64.6 Å². The van der Waals surface area contributed by atoms with E-state index in [0.29, 0.717) is 28.5 Å². The Morgan fingerprint density at radius 3 is 2.36 bits per heavy atom. The number of aryl methyl sites for hydroxylation is 1. The second kappa shape index (κ2) is 8.16. The minimum Gasteiger partial charge on any atom is -0.494 e. The van der Waals surface area contributed by atoms with Gasteiger partial charge in [0.1, 0.15) is 10.8 Å². The molecule has 1 N–H and O–H groups in total. The maximum absolute atomic E-state index is 12.5. The summed E-state index contributed by atoms with van der Waals surface area (Å²) in [6, 6.07) is 6.88. The van der Waals surface area contributed by atoms with Crippen molar-refractivity contribution in [3.05, 3.63) is 45.8 Å². The van der Waals surface area contributed by atoms with Crippen molar-refractivity contribution in [2.24, 2.45) is 0 Å². The third-order valence-electron chi connectivity index (χ3n) is 3.59. The Labute approximate surface area is 152 Å². The predicted octanol–water partition coefficient (Wildman–Crippen LogP) is 4.58. The molecule has 1 amide bonds. The Morgan fingerprint density at radius 1 is 1.16 bits per heavy atom. The van der Waals surface area contributed by atoms with Crippen molar-refractivity contribution in [2.45, 2.75) is 40.7 Å². The van der Waals surface area contributed by atoms with Gasteiger partial charge in [0.05, 0.1) is 18.3 Å². The molecule has 0 radical (unpaired) electrons. The quantitative estimate of drug-likeness (QED) is 0.765. The predicted molar refractivity (Wildman–Crippen MR) is 99.9 cm³/mol. The lowest BCUT2D eigenvalue weighted by Crippen LogP contribution is -2.16. The van der Waals surface area contributed by atoms with E-state index in [-0.39, 0.29) is 12.0 Å². The first-order chi connectivity index (χ1) is 11.8. The molecule has 1 aromatic heterocycles. The molecule has 0 atom stereocenters. The molecular formula is C19H23NO4S. The van der Waals surface area contributed by atoms with Gasteiger partial charge in [0.25, 0.3) is 5.91 Å². The first kappa shape index (κ1) is 19.0. The summed E-state index contributed by atoms with van der Waals surface area (Å²) in [6.07, 6.45) is -0.221. The molecular weight excluding hydrogens is 338 g/mol. The maximum atomic E-state index is 12.5. The van der Waals surface area contributed by atoms with Gasteiger partial charge in [-0.2, -0.15) is 0 Å². The van der Waals surface area contributed by atoms with Gasteiger partial charge in [-0.15, -0.1) is 11.3 Å². The number of anilines is 1. The first-order valence-corrected chi connectivity index (χ1v) is 9.00. The van der Waals surface area contributed by atoms with Gasteiger partial charge in [0.2, 0.25) is 0 Å². The summed E-state index contributed by atoms with van der Waals surface area (Å²) < 4.78 is 10.7. The molecule has 25 heavy (non-hydrogen) atoms. The summed E-state index contributed by atoms with van der Waals surface area (Å²) in [5.74, 6) is 0.0183. The lowest BCUT2D eigenvalue weighted by atomic mass is 10.1. The Morgan fingerprint density at radius 2 is 1.80 bits per heavy atom. The van der Waals surface area contributed by atoms with E-state index < -0.39 is 5.97 Å². The fourth-order valence-electron chi connectivity index (χ4n) is 2.28. The van der Waals surface area contributed by atoms with Crippen LogP contribution in [0, 0.1) is 13.8 Å². The number of hydrogen-bond donors (Lipinski definition) is 1. The number of carbonyl (C=O) groups is 2. The zero-order chi connectivity index (χ0) is 18.6. The fraction of sp³-hybridized carbons (Fsp3) is 0.368. The molecule has 0 aliphatic carbocycles. The van der Waals surface area contributed by atoms with E-state index in [4.69, 9.17) is 9.47 Å². The molecule has 0 spiro atoms. The molecule has 2 rings (SSSR count). The number of carbonyl (C=O) groups excluding carboxylic acids is 2. The Bertz CT molecular complexity index is 762. The summed E-state index contributed by atoms with van der Waals surface area (Å²) in [5.41, 5.74) is 1.75. The van der Waals surface area contributed by atoms with Crippen LogP contribution in [0.2, 0.25) is 0 Å². The third-order valence-corrected chi connectivity index (χ3v) is 4.71. The summed E-state index contributed by atoms with van der Waals surface area (Å²) in [5, 5.41) is 3.35. The smallest absolute Gasteiger partial charge is 0.341 e. The van der Waals surface area contributed by atoms with Crippen molar-refractivity contribution in [1.82, 2.24) is 0 Å². The van der Waals surface area contributed by atoms with Gasteiger partial charge in [-0.25, -0.2) is 4.79 Å². The Hall–Kier alpha value is -2.34. The fourth-order valence-corrected chi connectivity index (χ4v) is 3.32. The van der Waals surface area contributed by atoms with Crippen molar-refractivity contribution in [3.8, 4) is 5.75 Å². The second-order valence-corrected chi connectivity index (χ2v) is 7.08. The van der Waals surface area contributed by atoms with Crippen LogP contribution in [0.4, 0.5) is 5.00 Å². The number of thiophene rings is 1. The Kier molecular flexibility index (Phi) is 6.20. The monoisotopic (exact) mass is 361 g/mol. The molecule has 6 heteroatoms. The second-order valence-electron chi connectivity index (χ2n) is 5.85. The van der Waals surface area contributed by atoms with Gasteiger partial charge in [-0.1, -0.05) is 0 Å². The van der Waals surface area contributed by atoms with Gasteiger partial charge >= 0.3 is 5.97 Å². The van der Waals surface area contributed by atoms with Crippen LogP contribution in [0.25, 0.3) is 0 Å². The van der Waals surface area contributed by atoms with E-state index in [1.807, 2.05) is 20.8 Å². The zero-order valence-corrected chi connectivity index (χ0v) is 16.0. The van der Waals surface area contributed by atoms with E-state index in [9.17, 15) is 9.59 Å². The van der Waals surface area contributed by atoms with Crippen LogP contribution in [-0.4, -0.2) is 24.6 Å². The normalized spacial score (nSPS) is 10.6. The molecule has 0 fully saturated rings. The molecule has 0 unspecified atom stereocenters. The van der Waals surface area contributed by atoms with Gasteiger partial charge in [0.15, 0.2) is 0 Å². The molecule has 0 aliphatic heterocycles. The minimum absolute atomic E-state index is 0.221. The number of esters is 1. The highest BCUT2D eigenvalue weighted by molar-refractivity contribution is 7.16. The molecule has 0 bridgehead atoms. The lowest BCUT2D eigenvalue weighted by molar-refractivity contribution is 0.0379. The average Bonchev–Trinajstić information content (AvgIpc) is 2.82. The number of hydrogen-bond acceptors (Lipinski definition) is 5. The number of rotatable bonds is 6. The highest BCUT2D eigenvalue weighted by Gasteiger charge is 2.23. The van der Waals surface area contributed by atoms with Crippen molar-refractivity contribution < 1.29 is 19.1 Å². The summed E-state index contributed by atoms with van der Waals surface area (Å²) in [6.45, 7) is 9.84. The van der Waals surface area contributed by atoms with Crippen molar-refractivity contribution >= 4 is 28.2 Å². The number of amides is 1. The largest absolute Gasteiger partial charge is 0.494 e. The third kappa shape index (κ3) is 4.60. The molecule has 0 aliphatic rings. The minimum atomic E-state index is -0.418. The lowest BCUT2D eigenvalue weighted by Gasteiger charge is -2.10. The van der Waals surface area contributed by atoms with Crippen LogP contribution >= 0.6 is 11.3 Å². The number of nitrogens with one attached hydrogen (secondary N) is 1. The molecule has 1 heterocycles. The zero-order valence-electron chi connectivity index (χ0n) is 15.1. The van der Waals surface area contributed by atoms with E-state index in [2.05, 4.69) is 5.32 Å². The van der Waals surface area contributed by atoms with E-state index in [0.717, 1.165) is 10.4 Å². The van der Waals surface area contributed by atoms with Crippen LogP contribution in [0.15, 0.2) is 24.3 Å². The molecule has 2 aromatic rings. The molecule has 1 aromatic carbocycles. The van der Waals surface area contributed by atoms with Gasteiger partial charge < -0.3 is 14.8 Å².